The molecule has 2 N–H and O–H groups in total. The van der Waals surface area contributed by atoms with Crippen LogP contribution in [0.25, 0.3) is 0 Å². The molecule has 1 heterocycles. The molecule has 1 aliphatic heterocycles. The lowest BCUT2D eigenvalue weighted by molar-refractivity contribution is 0.121. The number of halogens is 1. The van der Waals surface area contributed by atoms with Crippen LogP contribution >= 0.6 is 12.4 Å². The Kier molecular flexibility index (Phi) is 6.71. The van der Waals surface area contributed by atoms with Crippen LogP contribution in [0.3, 0.4) is 0 Å². The second kappa shape index (κ2) is 7.52. The van der Waals surface area contributed by atoms with Crippen molar-refractivity contribution in [2.24, 2.45) is 11.7 Å². The Morgan fingerprint density at radius 2 is 1.69 bits per heavy atom. The van der Waals surface area contributed by atoms with E-state index in [1.807, 2.05) is 0 Å². The lowest BCUT2D eigenvalue weighted by Crippen LogP contribution is -2.42. The van der Waals surface area contributed by atoms with Crippen LogP contribution in [-0.2, 0) is 0 Å². The van der Waals surface area contributed by atoms with E-state index >= 15 is 0 Å². The molecular formula is C13H27ClN2. The molecule has 2 rings (SSSR count). The summed E-state index contributed by atoms with van der Waals surface area (Å²) in [6.07, 6.45) is 11.3. The summed E-state index contributed by atoms with van der Waals surface area (Å²) in [7, 11) is 0. The van der Waals surface area contributed by atoms with Crippen LogP contribution < -0.4 is 5.73 Å². The highest BCUT2D eigenvalue weighted by atomic mass is 35.5. The minimum absolute atomic E-state index is 0. The van der Waals surface area contributed by atoms with Crippen molar-refractivity contribution in [3.05, 3.63) is 0 Å². The van der Waals surface area contributed by atoms with Gasteiger partial charge in [0, 0.05) is 12.6 Å². The van der Waals surface area contributed by atoms with E-state index in [-0.39, 0.29) is 12.4 Å². The van der Waals surface area contributed by atoms with Crippen LogP contribution in [0.2, 0.25) is 0 Å². The zero-order valence-electron chi connectivity index (χ0n) is 10.4. The monoisotopic (exact) mass is 246 g/mol. The van der Waals surface area contributed by atoms with Crippen molar-refractivity contribution in [1.29, 1.82) is 0 Å². The quantitative estimate of drug-likeness (QED) is 0.827. The normalized spacial score (nSPS) is 27.9. The summed E-state index contributed by atoms with van der Waals surface area (Å²) in [6.45, 7) is 3.57. The van der Waals surface area contributed by atoms with Crippen LogP contribution in [0.4, 0.5) is 0 Å². The van der Waals surface area contributed by atoms with Crippen molar-refractivity contribution >= 4 is 12.4 Å². The summed E-state index contributed by atoms with van der Waals surface area (Å²) in [6, 6.07) is 0.810. The van der Waals surface area contributed by atoms with Crippen LogP contribution in [0.1, 0.15) is 51.4 Å². The van der Waals surface area contributed by atoms with Gasteiger partial charge in [0.05, 0.1) is 0 Å². The first kappa shape index (κ1) is 14.3. The molecule has 2 fully saturated rings. The number of likely N-dealkylation sites (tertiary alicyclic amines) is 1. The van der Waals surface area contributed by atoms with E-state index in [1.54, 1.807) is 0 Å². The Labute approximate surface area is 106 Å². The van der Waals surface area contributed by atoms with Gasteiger partial charge in [0.25, 0.3) is 0 Å². The zero-order valence-corrected chi connectivity index (χ0v) is 11.2. The average Bonchev–Trinajstić information content (AvgIpc) is 2.74. The lowest BCUT2D eigenvalue weighted by atomic mass is 9.97. The molecule has 0 aromatic carbocycles. The Hall–Kier alpha value is 0.210. The van der Waals surface area contributed by atoms with Gasteiger partial charge < -0.3 is 10.6 Å². The maximum absolute atomic E-state index is 5.70. The van der Waals surface area contributed by atoms with Crippen molar-refractivity contribution in [3.8, 4) is 0 Å². The SMILES string of the molecule is Cl.NCCC1CCCCN1CC1CCCC1. The summed E-state index contributed by atoms with van der Waals surface area (Å²) < 4.78 is 0. The molecule has 1 aliphatic carbocycles. The zero-order chi connectivity index (χ0) is 10.5. The second-order valence-corrected chi connectivity index (χ2v) is 5.37. The Morgan fingerprint density at radius 1 is 1.00 bits per heavy atom. The molecule has 1 atom stereocenters. The molecule has 0 amide bonds. The molecule has 0 aromatic rings. The van der Waals surface area contributed by atoms with Gasteiger partial charge in [-0.3, -0.25) is 0 Å². The third kappa shape index (κ3) is 3.90. The van der Waals surface area contributed by atoms with Gasteiger partial charge in [-0.1, -0.05) is 19.3 Å². The van der Waals surface area contributed by atoms with Crippen molar-refractivity contribution in [2.45, 2.75) is 57.4 Å². The van der Waals surface area contributed by atoms with Gasteiger partial charge in [0.1, 0.15) is 0 Å². The molecule has 2 nitrogen and oxygen atoms in total. The van der Waals surface area contributed by atoms with Crippen molar-refractivity contribution in [3.63, 3.8) is 0 Å². The molecule has 0 bridgehead atoms. The lowest BCUT2D eigenvalue weighted by Gasteiger charge is -2.37. The summed E-state index contributed by atoms with van der Waals surface area (Å²) in [4.78, 5) is 2.74. The topological polar surface area (TPSA) is 29.3 Å². The van der Waals surface area contributed by atoms with E-state index in [0.717, 1.165) is 18.5 Å². The first-order valence-electron chi connectivity index (χ1n) is 6.84. The predicted molar refractivity (Wildman–Crippen MR) is 72.1 cm³/mol. The largest absolute Gasteiger partial charge is 0.330 e. The number of rotatable bonds is 4. The highest BCUT2D eigenvalue weighted by Crippen LogP contribution is 2.28. The average molecular weight is 247 g/mol. The molecule has 2 aliphatic rings. The molecule has 96 valence electrons. The van der Waals surface area contributed by atoms with Crippen LogP contribution in [0.15, 0.2) is 0 Å². The Morgan fingerprint density at radius 3 is 2.38 bits per heavy atom. The number of hydrogen-bond donors (Lipinski definition) is 1. The van der Waals surface area contributed by atoms with E-state index in [0.29, 0.717) is 0 Å². The molecule has 1 unspecified atom stereocenters. The highest BCUT2D eigenvalue weighted by Gasteiger charge is 2.25. The molecule has 1 saturated heterocycles. The van der Waals surface area contributed by atoms with Crippen LogP contribution in [-0.4, -0.2) is 30.6 Å². The smallest absolute Gasteiger partial charge is 0.0107 e. The van der Waals surface area contributed by atoms with Gasteiger partial charge in [-0.25, -0.2) is 0 Å². The number of nitrogens with two attached hydrogens (primary N) is 1. The second-order valence-electron chi connectivity index (χ2n) is 5.37. The fourth-order valence-electron chi connectivity index (χ4n) is 3.34. The Bertz CT molecular complexity index is 179. The van der Waals surface area contributed by atoms with E-state index in [1.165, 1.54) is 64.5 Å². The maximum Gasteiger partial charge on any atom is 0.0107 e. The van der Waals surface area contributed by atoms with Gasteiger partial charge in [0.2, 0.25) is 0 Å². The van der Waals surface area contributed by atoms with Gasteiger partial charge in [-0.15, -0.1) is 12.4 Å². The molecule has 16 heavy (non-hydrogen) atoms. The summed E-state index contributed by atoms with van der Waals surface area (Å²) in [5, 5.41) is 0. The van der Waals surface area contributed by atoms with E-state index in [9.17, 15) is 0 Å². The first-order chi connectivity index (χ1) is 7.40. The van der Waals surface area contributed by atoms with E-state index in [4.69, 9.17) is 5.73 Å². The Balaban J connectivity index is 0.00000128. The highest BCUT2D eigenvalue weighted by molar-refractivity contribution is 5.85. The summed E-state index contributed by atoms with van der Waals surface area (Å²) in [5.41, 5.74) is 5.70. The van der Waals surface area contributed by atoms with E-state index in [2.05, 4.69) is 4.90 Å². The van der Waals surface area contributed by atoms with Crippen LogP contribution in [0.5, 0.6) is 0 Å². The van der Waals surface area contributed by atoms with Crippen molar-refractivity contribution < 1.29 is 0 Å². The maximum atomic E-state index is 5.70. The van der Waals surface area contributed by atoms with Gasteiger partial charge in [-0.2, -0.15) is 0 Å². The third-order valence-electron chi connectivity index (χ3n) is 4.22. The molecule has 0 spiro atoms. The third-order valence-corrected chi connectivity index (χ3v) is 4.22. The molecular weight excluding hydrogens is 220 g/mol. The fraction of sp³-hybridized carbons (Fsp3) is 1.00. The number of nitrogens with zero attached hydrogens (tertiary/aromatic N) is 1. The molecule has 0 radical (unpaired) electrons. The number of hydrogen-bond acceptors (Lipinski definition) is 2. The minimum atomic E-state index is 0. The minimum Gasteiger partial charge on any atom is -0.330 e. The summed E-state index contributed by atoms with van der Waals surface area (Å²) in [5.74, 6) is 1.00. The van der Waals surface area contributed by atoms with Crippen molar-refractivity contribution in [2.75, 3.05) is 19.6 Å². The van der Waals surface area contributed by atoms with Gasteiger partial charge in [-0.05, 0) is 51.1 Å². The standard InChI is InChI=1S/C13H26N2.ClH/c14-9-8-13-7-3-4-10-15(13)11-12-5-1-2-6-12;/h12-13H,1-11,14H2;1H. The predicted octanol–water partition coefficient (Wildman–Crippen LogP) is 2.80. The van der Waals surface area contributed by atoms with Crippen molar-refractivity contribution in [1.82, 2.24) is 4.90 Å². The summed E-state index contributed by atoms with van der Waals surface area (Å²) >= 11 is 0. The molecule has 3 heteroatoms. The first-order valence-corrected chi connectivity index (χ1v) is 6.84. The number of piperidine rings is 1. The molecule has 0 aromatic heterocycles. The fourth-order valence-corrected chi connectivity index (χ4v) is 3.34. The van der Waals surface area contributed by atoms with Gasteiger partial charge in [0.15, 0.2) is 0 Å². The van der Waals surface area contributed by atoms with Crippen LogP contribution in [0, 0.1) is 5.92 Å². The van der Waals surface area contributed by atoms with Gasteiger partial charge >= 0.3 is 0 Å². The van der Waals surface area contributed by atoms with E-state index < -0.39 is 0 Å². The molecule has 1 saturated carbocycles.